The molecule has 1 N–H and O–H groups in total. The van der Waals surface area contributed by atoms with Crippen LogP contribution in [-0.2, 0) is 21.4 Å². The van der Waals surface area contributed by atoms with Crippen molar-refractivity contribution in [3.8, 4) is 0 Å². The van der Waals surface area contributed by atoms with Gasteiger partial charge in [-0.2, -0.15) is 0 Å². The van der Waals surface area contributed by atoms with Gasteiger partial charge in [0.05, 0.1) is 11.9 Å². The molecule has 162 valence electrons. The molecule has 1 aliphatic rings. The van der Waals surface area contributed by atoms with Crippen molar-refractivity contribution in [1.82, 2.24) is 5.32 Å². The Morgan fingerprint density at radius 3 is 2.37 bits per heavy atom. The summed E-state index contributed by atoms with van der Waals surface area (Å²) in [4.78, 5) is 14.8. The number of carbonyl (C=O) groups excluding carboxylic acids is 1. The van der Waals surface area contributed by atoms with E-state index in [2.05, 4.69) is 22.3 Å². The molecule has 1 saturated heterocycles. The fourth-order valence-corrected chi connectivity index (χ4v) is 4.52. The minimum absolute atomic E-state index is 0.302. The first-order valence-corrected chi connectivity index (χ1v) is 12.3. The van der Waals surface area contributed by atoms with Crippen molar-refractivity contribution < 1.29 is 13.2 Å². The topological polar surface area (TPSA) is 69.7 Å². The molecule has 0 radical (unpaired) electrons. The van der Waals surface area contributed by atoms with Crippen molar-refractivity contribution in [3.05, 3.63) is 58.6 Å². The Morgan fingerprint density at radius 1 is 1.10 bits per heavy atom. The van der Waals surface area contributed by atoms with Crippen LogP contribution >= 0.6 is 11.6 Å². The van der Waals surface area contributed by atoms with Crippen LogP contribution in [0.15, 0.2) is 42.5 Å². The molecule has 1 amide bonds. The summed E-state index contributed by atoms with van der Waals surface area (Å²) in [7, 11) is -3.64. The summed E-state index contributed by atoms with van der Waals surface area (Å²) in [6.07, 6.45) is 4.81. The minimum Gasteiger partial charge on any atom is -0.372 e. The van der Waals surface area contributed by atoms with E-state index in [4.69, 9.17) is 11.6 Å². The van der Waals surface area contributed by atoms with Gasteiger partial charge in [-0.3, -0.25) is 9.10 Å². The second-order valence-electron chi connectivity index (χ2n) is 7.69. The number of benzene rings is 2. The van der Waals surface area contributed by atoms with Gasteiger partial charge in [0.1, 0.15) is 6.54 Å². The van der Waals surface area contributed by atoms with Crippen LogP contribution in [0.2, 0.25) is 5.02 Å². The highest BCUT2D eigenvalue weighted by molar-refractivity contribution is 7.92. The summed E-state index contributed by atoms with van der Waals surface area (Å²) in [6, 6.07) is 13.1. The molecule has 0 bridgehead atoms. The lowest BCUT2D eigenvalue weighted by molar-refractivity contribution is -0.119. The van der Waals surface area contributed by atoms with Crippen LogP contribution in [0.25, 0.3) is 0 Å². The smallest absolute Gasteiger partial charge is 0.241 e. The molecule has 3 rings (SSSR count). The SMILES string of the molecule is Cc1ccc(N(CC(=O)NCc2ccc(N3CCCCC3)cc2)S(C)(=O)=O)cc1Cl. The Bertz CT molecular complexity index is 987. The quantitative estimate of drug-likeness (QED) is 0.699. The molecule has 1 heterocycles. The molecule has 6 nitrogen and oxygen atoms in total. The first-order chi connectivity index (χ1) is 14.2. The van der Waals surface area contributed by atoms with Crippen LogP contribution in [0, 0.1) is 6.92 Å². The summed E-state index contributed by atoms with van der Waals surface area (Å²) in [5, 5.41) is 3.26. The summed E-state index contributed by atoms with van der Waals surface area (Å²) in [6.45, 7) is 4.04. The van der Waals surface area contributed by atoms with Gasteiger partial charge in [0.2, 0.25) is 15.9 Å². The highest BCUT2D eigenvalue weighted by Gasteiger charge is 2.21. The largest absolute Gasteiger partial charge is 0.372 e. The van der Waals surface area contributed by atoms with Crippen LogP contribution in [0.3, 0.4) is 0 Å². The first-order valence-electron chi connectivity index (χ1n) is 10.1. The number of nitrogens with zero attached hydrogens (tertiary/aromatic N) is 2. The molecule has 0 aliphatic carbocycles. The summed E-state index contributed by atoms with van der Waals surface area (Å²) in [5.74, 6) is -0.378. The number of aryl methyl sites for hydroxylation is 1. The lowest BCUT2D eigenvalue weighted by Gasteiger charge is -2.28. The second kappa shape index (κ2) is 9.71. The molecule has 30 heavy (non-hydrogen) atoms. The van der Waals surface area contributed by atoms with E-state index in [1.165, 1.54) is 24.9 Å². The van der Waals surface area contributed by atoms with Gasteiger partial charge in [-0.15, -0.1) is 0 Å². The number of sulfonamides is 1. The number of hydrogen-bond donors (Lipinski definition) is 1. The molecule has 0 saturated carbocycles. The maximum absolute atomic E-state index is 12.5. The molecule has 8 heteroatoms. The van der Waals surface area contributed by atoms with Crippen molar-refractivity contribution >= 4 is 38.9 Å². The minimum atomic E-state index is -3.64. The van der Waals surface area contributed by atoms with Gasteiger partial charge in [-0.1, -0.05) is 29.8 Å². The predicted molar refractivity (Wildman–Crippen MR) is 123 cm³/mol. The number of hydrogen-bond acceptors (Lipinski definition) is 4. The van der Waals surface area contributed by atoms with Crippen LogP contribution in [0.5, 0.6) is 0 Å². The lowest BCUT2D eigenvalue weighted by Crippen LogP contribution is -2.40. The van der Waals surface area contributed by atoms with Crippen molar-refractivity contribution in [1.29, 1.82) is 0 Å². The van der Waals surface area contributed by atoms with Crippen LogP contribution in [0.4, 0.5) is 11.4 Å². The fourth-order valence-electron chi connectivity index (χ4n) is 3.50. The molecule has 0 atom stereocenters. The Hall–Kier alpha value is -2.25. The van der Waals surface area contributed by atoms with E-state index in [0.717, 1.165) is 34.8 Å². The third-order valence-electron chi connectivity index (χ3n) is 5.28. The molecule has 1 fully saturated rings. The summed E-state index contributed by atoms with van der Waals surface area (Å²) >= 11 is 6.13. The number of rotatable bonds is 7. The lowest BCUT2D eigenvalue weighted by atomic mass is 10.1. The monoisotopic (exact) mass is 449 g/mol. The van der Waals surface area contributed by atoms with Crippen molar-refractivity contribution in [2.45, 2.75) is 32.7 Å². The van der Waals surface area contributed by atoms with E-state index in [1.54, 1.807) is 18.2 Å². The third kappa shape index (κ3) is 5.89. The predicted octanol–water partition coefficient (Wildman–Crippen LogP) is 3.72. The first kappa shape index (κ1) is 22.4. The van der Waals surface area contributed by atoms with Gasteiger partial charge in [0, 0.05) is 30.3 Å². The maximum atomic E-state index is 12.5. The van der Waals surface area contributed by atoms with Crippen molar-refractivity contribution in [2.75, 3.05) is 35.1 Å². The van der Waals surface area contributed by atoms with Gasteiger partial charge in [-0.25, -0.2) is 8.42 Å². The molecule has 0 spiro atoms. The number of carbonyl (C=O) groups is 1. The summed E-state index contributed by atoms with van der Waals surface area (Å²) in [5.41, 5.74) is 3.37. The number of nitrogens with one attached hydrogen (secondary N) is 1. The Morgan fingerprint density at radius 2 is 1.77 bits per heavy atom. The second-order valence-corrected chi connectivity index (χ2v) is 10.0. The van der Waals surface area contributed by atoms with E-state index < -0.39 is 10.0 Å². The third-order valence-corrected chi connectivity index (χ3v) is 6.83. The van der Waals surface area contributed by atoms with Gasteiger partial charge in [-0.05, 0) is 61.6 Å². The van der Waals surface area contributed by atoms with Crippen LogP contribution in [0.1, 0.15) is 30.4 Å². The number of halogens is 1. The molecule has 1 aliphatic heterocycles. The fraction of sp³-hybridized carbons (Fsp3) is 0.409. The van der Waals surface area contributed by atoms with Gasteiger partial charge in [0.15, 0.2) is 0 Å². The highest BCUT2D eigenvalue weighted by Crippen LogP contribution is 2.25. The maximum Gasteiger partial charge on any atom is 0.241 e. The average molecular weight is 450 g/mol. The Balaban J connectivity index is 1.61. The van der Waals surface area contributed by atoms with Crippen LogP contribution in [-0.4, -0.2) is 40.2 Å². The van der Waals surface area contributed by atoms with Gasteiger partial charge < -0.3 is 10.2 Å². The van der Waals surface area contributed by atoms with Crippen molar-refractivity contribution in [3.63, 3.8) is 0 Å². The molecule has 0 unspecified atom stereocenters. The summed E-state index contributed by atoms with van der Waals surface area (Å²) < 4.78 is 25.5. The average Bonchev–Trinajstić information content (AvgIpc) is 2.73. The van der Waals surface area contributed by atoms with Crippen LogP contribution < -0.4 is 14.5 Å². The zero-order valence-corrected chi connectivity index (χ0v) is 19.0. The van der Waals surface area contributed by atoms with Gasteiger partial charge in [0.25, 0.3) is 0 Å². The van der Waals surface area contributed by atoms with E-state index in [-0.39, 0.29) is 12.5 Å². The number of piperidine rings is 1. The van der Waals surface area contributed by atoms with E-state index in [9.17, 15) is 13.2 Å². The zero-order valence-electron chi connectivity index (χ0n) is 17.4. The molecular formula is C22H28ClN3O3S. The molecule has 0 aromatic heterocycles. The normalized spacial score (nSPS) is 14.4. The van der Waals surface area contributed by atoms with E-state index >= 15 is 0 Å². The molecule has 2 aromatic carbocycles. The molecule has 2 aromatic rings. The van der Waals surface area contributed by atoms with Gasteiger partial charge >= 0.3 is 0 Å². The standard InChI is InChI=1S/C22H28ClN3O3S/c1-17-6-9-20(14-21(17)23)26(30(2,28)29)16-22(27)24-15-18-7-10-19(11-8-18)25-12-4-3-5-13-25/h6-11,14H,3-5,12-13,15-16H2,1-2H3,(H,24,27). The molecular weight excluding hydrogens is 422 g/mol. The van der Waals surface area contributed by atoms with E-state index in [1.807, 2.05) is 19.1 Å². The van der Waals surface area contributed by atoms with Crippen molar-refractivity contribution in [2.24, 2.45) is 0 Å². The highest BCUT2D eigenvalue weighted by atomic mass is 35.5. The number of anilines is 2. The Labute approximate surface area is 183 Å². The van der Waals surface area contributed by atoms with E-state index in [0.29, 0.717) is 17.3 Å². The Kier molecular flexibility index (Phi) is 7.26. The number of amides is 1. The zero-order chi connectivity index (χ0) is 21.7.